The maximum atomic E-state index is 5.90. The fourth-order valence-electron chi connectivity index (χ4n) is 3.05. The molecule has 22 heavy (non-hydrogen) atoms. The summed E-state index contributed by atoms with van der Waals surface area (Å²) in [6.07, 6.45) is 1.68. The minimum Gasteiger partial charge on any atom is -0.493 e. The zero-order valence-electron chi connectivity index (χ0n) is 14.1. The van der Waals surface area contributed by atoms with Crippen molar-refractivity contribution in [1.82, 2.24) is 0 Å². The summed E-state index contributed by atoms with van der Waals surface area (Å²) in [7, 11) is 3.28. The van der Waals surface area contributed by atoms with E-state index in [2.05, 4.69) is 13.8 Å². The lowest BCUT2D eigenvalue weighted by molar-refractivity contribution is -0.915. The summed E-state index contributed by atoms with van der Waals surface area (Å²) in [6, 6.07) is 5.66. The van der Waals surface area contributed by atoms with Crippen LogP contribution < -0.4 is 19.1 Å². The number of rotatable bonds is 7. The third kappa shape index (κ3) is 4.52. The molecule has 2 rings (SSSR count). The Hall–Kier alpha value is -1.46. The fourth-order valence-corrected chi connectivity index (χ4v) is 3.05. The molecule has 5 nitrogen and oxygen atoms in total. The Balaban J connectivity index is 1.81. The zero-order chi connectivity index (χ0) is 15.9. The van der Waals surface area contributed by atoms with Crippen molar-refractivity contribution in [2.75, 3.05) is 40.5 Å². The van der Waals surface area contributed by atoms with Gasteiger partial charge in [-0.25, -0.2) is 0 Å². The standard InChI is InChI=1S/C17H27NO4/c1-13-11-18(12-14(2)22-13)9-6-10-21-17-15(19-3)7-5-8-16(17)20-4/h5,7-8,13-14H,6,9-12H2,1-4H3/p+1/t13-,14-/m0/s1. The van der Waals surface area contributed by atoms with E-state index in [1.807, 2.05) is 18.2 Å². The largest absolute Gasteiger partial charge is 0.493 e. The van der Waals surface area contributed by atoms with Gasteiger partial charge < -0.3 is 23.8 Å². The summed E-state index contributed by atoms with van der Waals surface area (Å²) >= 11 is 0. The van der Waals surface area contributed by atoms with Gasteiger partial charge in [-0.05, 0) is 26.0 Å². The molecular weight excluding hydrogens is 282 g/mol. The van der Waals surface area contributed by atoms with E-state index < -0.39 is 0 Å². The SMILES string of the molecule is COc1cccc(OC)c1OCCC[NH+]1C[C@H](C)O[C@@H](C)C1. The second-order valence-corrected chi connectivity index (χ2v) is 5.86. The van der Waals surface area contributed by atoms with Gasteiger partial charge in [-0.1, -0.05) is 6.07 Å². The number of hydrogen-bond acceptors (Lipinski definition) is 4. The van der Waals surface area contributed by atoms with Crippen LogP contribution in [0, 0.1) is 0 Å². The van der Waals surface area contributed by atoms with Gasteiger partial charge in [0.05, 0.1) is 27.4 Å². The van der Waals surface area contributed by atoms with Gasteiger partial charge in [-0.3, -0.25) is 0 Å². The van der Waals surface area contributed by atoms with Gasteiger partial charge in [0.2, 0.25) is 5.75 Å². The highest BCUT2D eigenvalue weighted by atomic mass is 16.5. The number of methoxy groups -OCH3 is 2. The van der Waals surface area contributed by atoms with Gasteiger partial charge >= 0.3 is 0 Å². The predicted octanol–water partition coefficient (Wildman–Crippen LogP) is 1.16. The van der Waals surface area contributed by atoms with E-state index in [9.17, 15) is 0 Å². The molecule has 0 bridgehead atoms. The summed E-state index contributed by atoms with van der Waals surface area (Å²) in [4.78, 5) is 1.59. The lowest BCUT2D eigenvalue weighted by Crippen LogP contribution is -3.15. The molecule has 1 aliphatic heterocycles. The average molecular weight is 310 g/mol. The normalized spacial score (nSPS) is 24.8. The van der Waals surface area contributed by atoms with Crippen molar-refractivity contribution in [3.05, 3.63) is 18.2 Å². The topological polar surface area (TPSA) is 41.4 Å². The number of hydrogen-bond donors (Lipinski definition) is 1. The van der Waals surface area contributed by atoms with Crippen LogP contribution in [0.4, 0.5) is 0 Å². The van der Waals surface area contributed by atoms with E-state index in [4.69, 9.17) is 18.9 Å². The fraction of sp³-hybridized carbons (Fsp3) is 0.647. The second kappa shape index (κ2) is 8.25. The molecule has 0 aliphatic carbocycles. The van der Waals surface area contributed by atoms with Crippen molar-refractivity contribution in [2.45, 2.75) is 32.5 Å². The van der Waals surface area contributed by atoms with Gasteiger partial charge in [-0.15, -0.1) is 0 Å². The van der Waals surface area contributed by atoms with Gasteiger partial charge in [0.1, 0.15) is 25.3 Å². The molecule has 0 amide bonds. The second-order valence-electron chi connectivity index (χ2n) is 5.86. The van der Waals surface area contributed by atoms with E-state index in [0.29, 0.717) is 36.1 Å². The number of nitrogens with one attached hydrogen (secondary N) is 1. The van der Waals surface area contributed by atoms with Crippen molar-refractivity contribution < 1.29 is 23.8 Å². The Morgan fingerprint density at radius 1 is 1.09 bits per heavy atom. The lowest BCUT2D eigenvalue weighted by atomic mass is 10.2. The van der Waals surface area contributed by atoms with Crippen LogP contribution >= 0.6 is 0 Å². The molecule has 2 atom stereocenters. The number of ether oxygens (including phenoxy) is 4. The average Bonchev–Trinajstić information content (AvgIpc) is 2.50. The quantitative estimate of drug-likeness (QED) is 0.768. The molecule has 1 aliphatic rings. The minimum absolute atomic E-state index is 0.342. The number of benzene rings is 1. The van der Waals surface area contributed by atoms with E-state index in [0.717, 1.165) is 26.1 Å². The number of morpholine rings is 1. The summed E-state index contributed by atoms with van der Waals surface area (Å²) in [5, 5.41) is 0. The van der Waals surface area contributed by atoms with Gasteiger partial charge in [0, 0.05) is 6.42 Å². The molecule has 1 aromatic carbocycles. The number of para-hydroxylation sites is 1. The first-order chi connectivity index (χ1) is 10.6. The minimum atomic E-state index is 0.342. The Bertz CT molecular complexity index is 434. The van der Waals surface area contributed by atoms with Gasteiger partial charge in [0.15, 0.2) is 11.5 Å². The van der Waals surface area contributed by atoms with Crippen LogP contribution in [0.5, 0.6) is 17.2 Å². The van der Waals surface area contributed by atoms with Crippen LogP contribution in [0.15, 0.2) is 18.2 Å². The third-order valence-electron chi connectivity index (χ3n) is 3.92. The Morgan fingerprint density at radius 2 is 1.68 bits per heavy atom. The van der Waals surface area contributed by atoms with Gasteiger partial charge in [-0.2, -0.15) is 0 Å². The zero-order valence-corrected chi connectivity index (χ0v) is 14.1. The maximum Gasteiger partial charge on any atom is 0.203 e. The number of quaternary nitrogens is 1. The summed E-state index contributed by atoms with van der Waals surface area (Å²) < 4.78 is 22.3. The first-order valence-electron chi connectivity index (χ1n) is 7.96. The molecule has 1 fully saturated rings. The van der Waals surface area contributed by atoms with E-state index in [-0.39, 0.29) is 0 Å². The van der Waals surface area contributed by atoms with Crippen LogP contribution in [-0.4, -0.2) is 52.7 Å². The summed E-state index contributed by atoms with van der Waals surface area (Å²) in [5.74, 6) is 2.10. The molecule has 5 heteroatoms. The van der Waals surface area contributed by atoms with Crippen molar-refractivity contribution >= 4 is 0 Å². The van der Waals surface area contributed by atoms with Crippen LogP contribution in [-0.2, 0) is 4.74 Å². The Kier molecular flexibility index (Phi) is 6.34. The monoisotopic (exact) mass is 310 g/mol. The van der Waals surface area contributed by atoms with Crippen molar-refractivity contribution in [2.24, 2.45) is 0 Å². The highest BCUT2D eigenvalue weighted by molar-refractivity contribution is 5.51. The van der Waals surface area contributed by atoms with Crippen LogP contribution in [0.2, 0.25) is 0 Å². The Morgan fingerprint density at radius 3 is 2.23 bits per heavy atom. The smallest absolute Gasteiger partial charge is 0.203 e. The van der Waals surface area contributed by atoms with Crippen LogP contribution in [0.3, 0.4) is 0 Å². The van der Waals surface area contributed by atoms with Crippen LogP contribution in [0.25, 0.3) is 0 Å². The van der Waals surface area contributed by atoms with Gasteiger partial charge in [0.25, 0.3) is 0 Å². The third-order valence-corrected chi connectivity index (χ3v) is 3.92. The highest BCUT2D eigenvalue weighted by Crippen LogP contribution is 2.36. The van der Waals surface area contributed by atoms with E-state index in [1.165, 1.54) is 0 Å². The van der Waals surface area contributed by atoms with Crippen molar-refractivity contribution in [3.63, 3.8) is 0 Å². The predicted molar refractivity (Wildman–Crippen MR) is 85.2 cm³/mol. The molecule has 0 saturated carbocycles. The summed E-state index contributed by atoms with van der Waals surface area (Å²) in [5.41, 5.74) is 0. The van der Waals surface area contributed by atoms with Crippen LogP contribution in [0.1, 0.15) is 20.3 Å². The Labute approximate surface area is 133 Å². The van der Waals surface area contributed by atoms with E-state index >= 15 is 0 Å². The van der Waals surface area contributed by atoms with Crippen molar-refractivity contribution in [3.8, 4) is 17.2 Å². The summed E-state index contributed by atoms with van der Waals surface area (Å²) in [6.45, 7) is 8.18. The molecule has 1 heterocycles. The molecule has 0 spiro atoms. The van der Waals surface area contributed by atoms with Crippen molar-refractivity contribution in [1.29, 1.82) is 0 Å². The molecule has 0 radical (unpaired) electrons. The molecule has 124 valence electrons. The molecule has 0 aromatic heterocycles. The first kappa shape index (κ1) is 16.9. The molecular formula is C17H28NO4+. The highest BCUT2D eigenvalue weighted by Gasteiger charge is 2.25. The molecule has 1 aromatic rings. The molecule has 0 unspecified atom stereocenters. The molecule has 1 saturated heterocycles. The lowest BCUT2D eigenvalue weighted by Gasteiger charge is -2.32. The molecule has 1 N–H and O–H groups in total. The van der Waals surface area contributed by atoms with E-state index in [1.54, 1.807) is 19.1 Å². The maximum absolute atomic E-state index is 5.90. The first-order valence-corrected chi connectivity index (χ1v) is 7.96.